The average molecular weight is 1790 g/mol. The van der Waals surface area contributed by atoms with Crippen LogP contribution in [-0.2, 0) is 32.3 Å². The van der Waals surface area contributed by atoms with E-state index < -0.39 is 138 Å². The van der Waals surface area contributed by atoms with Crippen molar-refractivity contribution in [3.8, 4) is 66.8 Å². The molecule has 22 heteroatoms. The van der Waals surface area contributed by atoms with E-state index in [-0.39, 0.29) is 41.8 Å². The third-order valence-corrected chi connectivity index (χ3v) is 22.9. The molecule has 0 spiro atoms. The smallest absolute Gasteiger partial charge is 0.170 e. The maximum atomic E-state index is 15.6. The highest BCUT2D eigenvalue weighted by atomic mass is 19.2. The number of fused-ring (bicyclic) bond motifs is 4. The second kappa shape index (κ2) is 44.4. The summed E-state index contributed by atoms with van der Waals surface area (Å²) >= 11 is 0. The van der Waals surface area contributed by atoms with Gasteiger partial charge in [0, 0.05) is 54.2 Å². The lowest BCUT2D eigenvalue weighted by atomic mass is 9.90. The fourth-order valence-corrected chi connectivity index (χ4v) is 16.0. The molecule has 2 aliphatic rings. The first kappa shape index (κ1) is 101. The van der Waals surface area contributed by atoms with E-state index in [9.17, 15) is 45.0 Å². The van der Waals surface area contributed by atoms with Crippen molar-refractivity contribution in [2.24, 2.45) is 11.8 Å². The molecule has 2 unspecified atom stereocenters. The third kappa shape index (κ3) is 22.4. The summed E-state index contributed by atoms with van der Waals surface area (Å²) in [6.45, 7) is 18.2. The Labute approximate surface area is 745 Å². The zero-order valence-electron chi connectivity index (χ0n) is 73.5. The van der Waals surface area contributed by atoms with E-state index in [0.29, 0.717) is 35.8 Å². The number of hydrogen-bond acceptors (Lipinski definition) is 5. The molecule has 0 aromatic heterocycles. The van der Waals surface area contributed by atoms with Crippen LogP contribution in [0.25, 0.3) is 85.0 Å². The van der Waals surface area contributed by atoms with Gasteiger partial charge < -0.3 is 24.9 Å². The number of rotatable bonds is 25. The Bertz CT molecular complexity index is 5810. The monoisotopic (exact) mass is 1790 g/mol. The lowest BCUT2D eigenvalue weighted by Gasteiger charge is -2.36. The predicted molar refractivity (Wildman–Crippen MR) is 488 cm³/mol. The van der Waals surface area contributed by atoms with Crippen LogP contribution in [0.3, 0.4) is 0 Å². The normalized spacial score (nSPS) is 12.5. The number of anilines is 4. The molecule has 14 rings (SSSR count). The van der Waals surface area contributed by atoms with Gasteiger partial charge in [0.1, 0.15) is 6.29 Å². The summed E-state index contributed by atoms with van der Waals surface area (Å²) < 4.78 is 244. The largest absolute Gasteiger partial charge is 0.870 e. The van der Waals surface area contributed by atoms with E-state index in [0.717, 1.165) is 95.0 Å². The number of unbranched alkanes of at least 4 members (excludes halogenated alkanes) is 2. The summed E-state index contributed by atoms with van der Waals surface area (Å²) in [7, 11) is 8.50. The van der Waals surface area contributed by atoms with Crippen molar-refractivity contribution in [1.29, 1.82) is 0 Å². The van der Waals surface area contributed by atoms with Gasteiger partial charge in [-0.3, -0.25) is 4.79 Å². The molecular weight excluding hydrogens is 1680 g/mol. The minimum atomic E-state index is -2.22. The molecule has 0 saturated heterocycles. The second-order valence-electron chi connectivity index (χ2n) is 33.4. The molecule has 0 amide bonds. The molecule has 0 fully saturated rings. The molecule has 12 aromatic carbocycles. The molecule has 12 aromatic rings. The van der Waals surface area contributed by atoms with Gasteiger partial charge in [-0.15, -0.1) is 0 Å². The van der Waals surface area contributed by atoms with Gasteiger partial charge in [0.15, 0.2) is 93.1 Å². The Balaban J connectivity index is 0.000000230. The molecule has 2 atom stereocenters. The number of aryl methyl sites for hydroxylation is 3. The summed E-state index contributed by atoms with van der Waals surface area (Å²) in [4.78, 5) is 16.1. The summed E-state index contributed by atoms with van der Waals surface area (Å²) in [6, 6.07) is 46.7. The lowest BCUT2D eigenvalue weighted by molar-refractivity contribution is -0.849. The summed E-state index contributed by atoms with van der Waals surface area (Å²) in [6.07, 6.45) is 20.9. The summed E-state index contributed by atoms with van der Waals surface area (Å²) in [5.41, 5.74) is 3.08. The van der Waals surface area contributed by atoms with E-state index in [1.165, 1.54) is 168 Å². The zero-order valence-corrected chi connectivity index (χ0v) is 73.5. The number of allylic oxidation sites excluding steroid dienone is 1. The molecule has 129 heavy (non-hydrogen) atoms. The van der Waals surface area contributed by atoms with Gasteiger partial charge in [0.2, 0.25) is 0 Å². The predicted octanol–water partition coefficient (Wildman–Crippen LogP) is 30.5. The van der Waals surface area contributed by atoms with Crippen LogP contribution in [0, 0.1) is 112 Å². The van der Waals surface area contributed by atoms with Gasteiger partial charge in [-0.25, -0.2) is 70.2 Å². The van der Waals surface area contributed by atoms with Gasteiger partial charge in [-0.2, -0.15) is 0 Å². The van der Waals surface area contributed by atoms with Crippen molar-refractivity contribution in [2.45, 2.75) is 146 Å². The van der Waals surface area contributed by atoms with Crippen LogP contribution in [0.2, 0.25) is 0 Å². The number of aliphatic hydroxyl groups is 1. The maximum absolute atomic E-state index is 15.6. The van der Waals surface area contributed by atoms with Gasteiger partial charge in [0.05, 0.1) is 79.3 Å². The number of hydrogen-bond donors (Lipinski definition) is 1. The van der Waals surface area contributed by atoms with Crippen LogP contribution in [0.5, 0.6) is 0 Å². The number of benzene rings is 12. The molecular formula is C107H107F16N3O3. The Morgan fingerprint density at radius 3 is 0.899 bits per heavy atom. The first-order valence-electron chi connectivity index (χ1n) is 42.7. The van der Waals surface area contributed by atoms with Crippen molar-refractivity contribution in [3.63, 3.8) is 0 Å². The standard InChI is InChI=1S/C51H43F8N.C28H18F8.C23H29NO2.C4H12N.CH4.H2O/c1-5-8-10-30(7-3)28-60-38-23-17-32(9-6-2)25-36(38)27-37-26-33(18-24-39(37)60)14-13-31-15-21-35(22-16-31)41-46(54)50(58)43(51(59)47(41)55)42-48(56)44(52)40(45(53)49(42)57)34-19-11-29(4)12-20-34;1-3-13-5-9-15(10-6-13)17-21(29)25(33)19(26(34)22(17)30)20-27(35)23(31)18(24(32)28(20)36)16-11-7-14(4-2)8-12-16;1-3-5-6-17(4-2)14-24-22-9-7-18(15-25)11-20(22)13-21-12-19(16-26)8-10-23(21)24;1-5(2,3)4;;/h6,9,11-26,30H,5,7-8,10,27-28H2,1-4H3;5-12H,3-4H2,1-2H3;7-12,15,17,26H,3-6,13-14,16H2,1-2H3;1-4H3;1H4;1H2/q;;;+1;;/p-1/b9-6+,14-13+;;;;;. The number of aldehydes is 1. The highest BCUT2D eigenvalue weighted by Gasteiger charge is 2.38. The Kier molecular flexibility index (Phi) is 34.8. The zero-order chi connectivity index (χ0) is 92.2. The summed E-state index contributed by atoms with van der Waals surface area (Å²) in [5.74, 6) is -32.3. The molecule has 0 radical (unpaired) electrons. The minimum Gasteiger partial charge on any atom is -0.870 e. The maximum Gasteiger partial charge on any atom is 0.170 e. The SMILES string of the molecule is C.C/C=C/c1ccc2c(c1)Cc1cc(/C=C/c3ccc(-c4c(F)c(F)c(-c5c(F)c(F)c(-c6ccc(C)cc6)c(F)c5F)c(F)c4F)cc3)ccc1N2CC(CC)CCCC.CCCCC(CC)CN1c2ccc(C=O)cc2Cc2cc(CO)ccc21.CCc1ccc(-c2c(F)c(F)c(-c3c(F)c(F)c(-c4ccc(CC)cc4)c(F)c3F)c(F)c2F)cc1.C[N+](C)(C)C.[OH-]. The Morgan fingerprint density at radius 1 is 0.349 bits per heavy atom. The van der Waals surface area contributed by atoms with E-state index in [2.05, 4.69) is 120 Å². The molecule has 2 aliphatic heterocycles. The Hall–Kier alpha value is -11.9. The first-order chi connectivity index (χ1) is 60.7. The van der Waals surface area contributed by atoms with Crippen molar-refractivity contribution in [2.75, 3.05) is 51.1 Å². The molecule has 6 nitrogen and oxygen atoms in total. The molecule has 2 N–H and O–H groups in total. The molecule has 2 heterocycles. The van der Waals surface area contributed by atoms with Crippen LogP contribution in [0.1, 0.15) is 179 Å². The molecule has 680 valence electrons. The lowest BCUT2D eigenvalue weighted by Crippen LogP contribution is -2.29. The Morgan fingerprint density at radius 2 is 0.605 bits per heavy atom. The van der Waals surface area contributed by atoms with Gasteiger partial charge in [-0.05, 0) is 178 Å². The fraction of sp³-hybridized carbons (Fsp3) is 0.280. The topological polar surface area (TPSA) is 73.8 Å². The third-order valence-electron chi connectivity index (χ3n) is 22.9. The van der Waals surface area contributed by atoms with Crippen LogP contribution < -0.4 is 9.80 Å². The number of nitrogens with zero attached hydrogens (tertiary/aromatic N) is 3. The summed E-state index contributed by atoms with van der Waals surface area (Å²) in [5, 5.41) is 9.50. The number of halogens is 16. The number of carbonyl (C=O) groups excluding carboxylic acids is 1. The van der Waals surface area contributed by atoms with Crippen LogP contribution in [-0.4, -0.2) is 62.6 Å². The van der Waals surface area contributed by atoms with Gasteiger partial charge >= 0.3 is 0 Å². The molecule has 0 bridgehead atoms. The number of aliphatic hydroxyl groups excluding tert-OH is 1. The average Bonchev–Trinajstić information content (AvgIpc) is 0.718. The van der Waals surface area contributed by atoms with E-state index in [1.807, 2.05) is 57.2 Å². The quantitative estimate of drug-likeness (QED) is 0.0203. The van der Waals surface area contributed by atoms with Gasteiger partial charge in [-0.1, -0.05) is 239 Å². The van der Waals surface area contributed by atoms with Crippen LogP contribution in [0.4, 0.5) is 93.0 Å². The molecule has 0 aliphatic carbocycles. The minimum absolute atomic E-state index is 0. The van der Waals surface area contributed by atoms with Gasteiger partial charge in [0.25, 0.3) is 0 Å². The number of carbonyl (C=O) groups is 1. The first-order valence-corrected chi connectivity index (χ1v) is 42.7. The highest BCUT2D eigenvalue weighted by molar-refractivity contribution is 5.84. The van der Waals surface area contributed by atoms with Crippen molar-refractivity contribution < 1.29 is 90.1 Å². The van der Waals surface area contributed by atoms with Crippen molar-refractivity contribution >= 4 is 47.3 Å². The van der Waals surface area contributed by atoms with Crippen LogP contribution >= 0.6 is 0 Å². The highest BCUT2D eigenvalue weighted by Crippen LogP contribution is 2.48. The van der Waals surface area contributed by atoms with Crippen molar-refractivity contribution in [3.05, 3.63) is 336 Å². The molecule has 0 saturated carbocycles. The van der Waals surface area contributed by atoms with Crippen LogP contribution in [0.15, 0.2) is 176 Å². The van der Waals surface area contributed by atoms with Crippen molar-refractivity contribution in [1.82, 2.24) is 0 Å². The second-order valence-corrected chi connectivity index (χ2v) is 33.4. The van der Waals surface area contributed by atoms with E-state index in [4.69, 9.17) is 0 Å². The van der Waals surface area contributed by atoms with E-state index in [1.54, 1.807) is 13.0 Å². The fourth-order valence-electron chi connectivity index (χ4n) is 16.0. The number of quaternary nitrogens is 1. The van der Waals surface area contributed by atoms with E-state index >= 15 is 35.1 Å².